The fourth-order valence-corrected chi connectivity index (χ4v) is 4.75. The van der Waals surface area contributed by atoms with E-state index in [0.29, 0.717) is 25.2 Å². The molecule has 1 aliphatic rings. The summed E-state index contributed by atoms with van der Waals surface area (Å²) in [5.74, 6) is 0.0428. The lowest BCUT2D eigenvalue weighted by molar-refractivity contribution is 0.00926. The van der Waals surface area contributed by atoms with Gasteiger partial charge in [0.05, 0.1) is 42.2 Å². The molecule has 0 unspecified atom stereocenters. The lowest BCUT2D eigenvalue weighted by Crippen LogP contribution is -2.33. The van der Waals surface area contributed by atoms with Gasteiger partial charge in [0.1, 0.15) is 6.61 Å². The molecule has 9 nitrogen and oxygen atoms in total. The lowest BCUT2D eigenvalue weighted by atomic mass is 9.95. The number of nitrogens with one attached hydrogen (secondary N) is 3. The topological polar surface area (TPSA) is 107 Å². The minimum atomic E-state index is -0.421. The van der Waals surface area contributed by atoms with Gasteiger partial charge in [-0.3, -0.25) is 0 Å². The molecule has 0 spiro atoms. The molecule has 0 aliphatic carbocycles. The second kappa shape index (κ2) is 15.1. The van der Waals surface area contributed by atoms with Crippen molar-refractivity contribution in [3.05, 3.63) is 72.1 Å². The highest BCUT2D eigenvalue weighted by molar-refractivity contribution is 5.75. The van der Waals surface area contributed by atoms with Crippen LogP contribution in [0.2, 0.25) is 0 Å². The summed E-state index contributed by atoms with van der Waals surface area (Å²) in [6, 6.07) is 16.8. The molecule has 4 rings (SSSR count). The van der Waals surface area contributed by atoms with Crippen LogP contribution >= 0.6 is 0 Å². The molecule has 3 aromatic rings. The Hall–Kier alpha value is -3.85. The van der Waals surface area contributed by atoms with Crippen molar-refractivity contribution in [2.24, 2.45) is 0 Å². The van der Waals surface area contributed by atoms with Crippen LogP contribution in [0, 0.1) is 0 Å². The maximum Gasteiger partial charge on any atom is 0.407 e. The smallest absolute Gasteiger partial charge is 0.407 e. The number of alkyl carbamates (subject to hydrolysis) is 1. The highest BCUT2D eigenvalue weighted by Gasteiger charge is 2.23. The van der Waals surface area contributed by atoms with Crippen LogP contribution in [-0.4, -0.2) is 48.0 Å². The first-order valence-corrected chi connectivity index (χ1v) is 14.3. The van der Waals surface area contributed by atoms with Crippen LogP contribution in [0.1, 0.15) is 63.5 Å². The number of carbonyl (C=O) groups excluding carboxylic acids is 1. The molecule has 0 bridgehead atoms. The Morgan fingerprint density at radius 2 is 1.88 bits per heavy atom. The van der Waals surface area contributed by atoms with Crippen molar-refractivity contribution >= 4 is 23.2 Å². The maximum atomic E-state index is 12.4. The molecule has 1 aliphatic heterocycles. The van der Waals surface area contributed by atoms with Gasteiger partial charge in [0.25, 0.3) is 0 Å². The summed E-state index contributed by atoms with van der Waals surface area (Å²) in [6.45, 7) is 8.15. The molecule has 1 amide bonds. The van der Waals surface area contributed by atoms with Crippen LogP contribution < -0.4 is 20.7 Å². The third kappa shape index (κ3) is 8.58. The van der Waals surface area contributed by atoms with E-state index in [4.69, 9.17) is 14.2 Å². The minimum Gasteiger partial charge on any atom is -0.464 e. The van der Waals surface area contributed by atoms with Crippen molar-refractivity contribution < 1.29 is 19.0 Å². The largest absolute Gasteiger partial charge is 0.464 e. The van der Waals surface area contributed by atoms with Crippen LogP contribution in [0.15, 0.2) is 60.9 Å². The Morgan fingerprint density at radius 1 is 1.07 bits per heavy atom. The van der Waals surface area contributed by atoms with Crippen molar-refractivity contribution in [1.29, 1.82) is 0 Å². The number of hydrogen-bond donors (Lipinski definition) is 3. The van der Waals surface area contributed by atoms with Gasteiger partial charge >= 0.3 is 12.1 Å². The minimum absolute atomic E-state index is 0.0428. The van der Waals surface area contributed by atoms with Crippen LogP contribution in [-0.2, 0) is 16.0 Å². The zero-order valence-corrected chi connectivity index (χ0v) is 23.7. The van der Waals surface area contributed by atoms with E-state index in [0.717, 1.165) is 60.5 Å². The summed E-state index contributed by atoms with van der Waals surface area (Å²) in [6.07, 6.45) is 7.03. The second-order valence-corrected chi connectivity index (χ2v) is 9.93. The molecule has 40 heavy (non-hydrogen) atoms. The number of nitrogens with zero attached hydrogens (tertiary/aromatic N) is 2. The Balaban J connectivity index is 1.46. The van der Waals surface area contributed by atoms with Crippen LogP contribution in [0.25, 0.3) is 0 Å². The fourth-order valence-electron chi connectivity index (χ4n) is 4.75. The summed E-state index contributed by atoms with van der Waals surface area (Å²) in [4.78, 5) is 21.0. The molecule has 214 valence electrons. The molecule has 3 atom stereocenters. The predicted molar refractivity (Wildman–Crippen MR) is 157 cm³/mol. The fraction of sp³-hybridized carbons (Fsp3) is 0.452. The number of anilines is 3. The molecule has 1 aromatic heterocycles. The highest BCUT2D eigenvalue weighted by atomic mass is 16.5. The first kappa shape index (κ1) is 29.1. The van der Waals surface area contributed by atoms with Crippen LogP contribution in [0.4, 0.5) is 21.9 Å². The summed E-state index contributed by atoms with van der Waals surface area (Å²) in [5, 5.41) is 10.0. The molecular formula is C31H41N5O4. The normalized spacial score (nSPS) is 17.5. The van der Waals surface area contributed by atoms with E-state index in [1.165, 1.54) is 0 Å². The SMILES string of the molecule is CCOc1ncc(Nc2cc([C@H](CC)COC(=O)NCc3ccccc3)ccc2N[C@H]2CCO[C@@H](CC)C2)cn1. The summed E-state index contributed by atoms with van der Waals surface area (Å²) < 4.78 is 16.9. The molecule has 2 heterocycles. The van der Waals surface area contributed by atoms with Gasteiger partial charge in [-0.2, -0.15) is 0 Å². The molecule has 0 saturated carbocycles. The molecule has 9 heteroatoms. The highest BCUT2D eigenvalue weighted by Crippen LogP contribution is 2.33. The van der Waals surface area contributed by atoms with Crippen LogP contribution in [0.3, 0.4) is 0 Å². The first-order valence-electron chi connectivity index (χ1n) is 14.3. The van der Waals surface area contributed by atoms with E-state index in [9.17, 15) is 4.79 Å². The average molecular weight is 548 g/mol. The van der Waals surface area contributed by atoms with Crippen molar-refractivity contribution in [3.8, 4) is 6.01 Å². The second-order valence-electron chi connectivity index (χ2n) is 9.93. The molecule has 0 radical (unpaired) electrons. The van der Waals surface area contributed by atoms with E-state index in [-0.39, 0.29) is 18.6 Å². The number of amides is 1. The number of benzene rings is 2. The van der Waals surface area contributed by atoms with E-state index in [2.05, 4.69) is 58.0 Å². The maximum absolute atomic E-state index is 12.4. The van der Waals surface area contributed by atoms with Gasteiger partial charge in [-0.15, -0.1) is 0 Å². The number of ether oxygens (including phenoxy) is 3. The zero-order valence-electron chi connectivity index (χ0n) is 23.7. The van der Waals surface area contributed by atoms with E-state index < -0.39 is 6.09 Å². The number of carbonyl (C=O) groups is 1. The van der Waals surface area contributed by atoms with Gasteiger partial charge in [0, 0.05) is 25.1 Å². The van der Waals surface area contributed by atoms with E-state index in [1.807, 2.05) is 37.3 Å². The Morgan fingerprint density at radius 3 is 2.60 bits per heavy atom. The predicted octanol–water partition coefficient (Wildman–Crippen LogP) is 6.41. The van der Waals surface area contributed by atoms with E-state index in [1.54, 1.807) is 12.4 Å². The van der Waals surface area contributed by atoms with Gasteiger partial charge in [0.15, 0.2) is 0 Å². The van der Waals surface area contributed by atoms with Gasteiger partial charge in [0.2, 0.25) is 0 Å². The molecule has 1 fully saturated rings. The van der Waals surface area contributed by atoms with Gasteiger partial charge in [-0.25, -0.2) is 14.8 Å². The number of aromatic nitrogens is 2. The molecule has 3 N–H and O–H groups in total. The van der Waals surface area contributed by atoms with Gasteiger partial charge in [-0.1, -0.05) is 50.2 Å². The Bertz CT molecular complexity index is 1190. The first-order chi connectivity index (χ1) is 19.6. The monoisotopic (exact) mass is 547 g/mol. The standard InChI is InChI=1S/C31H41N5O4/c1-4-23(21-40-31(37)34-18-22-10-8-7-9-11-22)24-12-13-28(35-25-14-15-39-27(5-2)17-25)29(16-24)36-26-19-32-30(33-20-26)38-6-3/h7-13,16,19-20,23,25,27,35-36H,4-6,14-15,17-18,21H2,1-3H3,(H,34,37)/t23-,25+,27+/m1/s1. The molecule has 1 saturated heterocycles. The third-order valence-corrected chi connectivity index (χ3v) is 7.07. The van der Waals surface area contributed by atoms with Crippen molar-refractivity contribution in [3.63, 3.8) is 0 Å². The Labute approximate surface area is 237 Å². The van der Waals surface area contributed by atoms with Crippen LogP contribution in [0.5, 0.6) is 6.01 Å². The summed E-state index contributed by atoms with van der Waals surface area (Å²) >= 11 is 0. The average Bonchev–Trinajstić information content (AvgIpc) is 2.99. The van der Waals surface area contributed by atoms with Crippen molar-refractivity contribution in [2.75, 3.05) is 30.5 Å². The lowest BCUT2D eigenvalue weighted by Gasteiger charge is -2.31. The van der Waals surface area contributed by atoms with Gasteiger partial charge < -0.3 is 30.2 Å². The third-order valence-electron chi connectivity index (χ3n) is 7.07. The summed E-state index contributed by atoms with van der Waals surface area (Å²) in [5.41, 5.74) is 4.77. The molecule has 2 aromatic carbocycles. The molecular weight excluding hydrogens is 506 g/mol. The van der Waals surface area contributed by atoms with Gasteiger partial charge in [-0.05, 0) is 55.9 Å². The number of hydrogen-bond acceptors (Lipinski definition) is 8. The van der Waals surface area contributed by atoms with Crippen molar-refractivity contribution in [1.82, 2.24) is 15.3 Å². The summed E-state index contributed by atoms with van der Waals surface area (Å²) in [7, 11) is 0. The Kier molecular flexibility index (Phi) is 11.0. The van der Waals surface area contributed by atoms with Crippen molar-refractivity contribution in [2.45, 2.75) is 71.1 Å². The quantitative estimate of drug-likeness (QED) is 0.225. The zero-order chi connectivity index (χ0) is 28.2. The number of rotatable bonds is 13. The van der Waals surface area contributed by atoms with E-state index >= 15 is 0 Å².